The van der Waals surface area contributed by atoms with Crippen molar-refractivity contribution in [3.8, 4) is 0 Å². The summed E-state index contributed by atoms with van der Waals surface area (Å²) in [5.74, 6) is -1.12. The third-order valence-corrected chi connectivity index (χ3v) is 4.99. The van der Waals surface area contributed by atoms with Gasteiger partial charge in [-0.1, -0.05) is 48.5 Å². The summed E-state index contributed by atoms with van der Waals surface area (Å²) in [6.45, 7) is 4.31. The Bertz CT molecular complexity index is 807. The molecular weight excluding hydrogens is 372 g/mol. The number of esters is 1. The molecule has 0 aromatic heterocycles. The fourth-order valence-corrected chi connectivity index (χ4v) is 3.63. The quantitative estimate of drug-likeness (QED) is 0.692. The van der Waals surface area contributed by atoms with Gasteiger partial charge in [-0.3, -0.25) is 0 Å². The second-order valence-corrected chi connectivity index (χ2v) is 7.76. The molecule has 0 amide bonds. The van der Waals surface area contributed by atoms with Gasteiger partial charge < -0.3 is 23.7 Å². The smallest absolute Gasteiger partial charge is 0.338 e. The highest BCUT2D eigenvalue weighted by Crippen LogP contribution is 2.37. The van der Waals surface area contributed by atoms with E-state index in [1.54, 1.807) is 24.3 Å². The lowest BCUT2D eigenvalue weighted by molar-refractivity contribution is -0.229. The van der Waals surface area contributed by atoms with Crippen LogP contribution in [-0.2, 0) is 30.3 Å². The maximum Gasteiger partial charge on any atom is 0.338 e. The summed E-state index contributed by atoms with van der Waals surface area (Å²) in [6.07, 6.45) is -0.886. The average Bonchev–Trinajstić information content (AvgIpc) is 3.05. The maximum absolute atomic E-state index is 12.2. The molecule has 2 unspecified atom stereocenters. The van der Waals surface area contributed by atoms with Gasteiger partial charge in [-0.2, -0.15) is 0 Å². The first-order chi connectivity index (χ1) is 14.0. The van der Waals surface area contributed by atoms with Crippen LogP contribution in [0.3, 0.4) is 0 Å². The third kappa shape index (κ3) is 5.03. The van der Waals surface area contributed by atoms with E-state index in [-0.39, 0.29) is 30.9 Å². The highest BCUT2D eigenvalue weighted by Gasteiger charge is 2.51. The zero-order valence-corrected chi connectivity index (χ0v) is 16.7. The number of rotatable bonds is 6. The molecule has 6 nitrogen and oxygen atoms in total. The van der Waals surface area contributed by atoms with Gasteiger partial charge in [0.05, 0.1) is 24.4 Å². The van der Waals surface area contributed by atoms with E-state index < -0.39 is 12.1 Å². The van der Waals surface area contributed by atoms with Crippen LogP contribution in [-0.4, -0.2) is 43.0 Å². The molecule has 0 spiro atoms. The predicted molar refractivity (Wildman–Crippen MR) is 105 cm³/mol. The summed E-state index contributed by atoms with van der Waals surface area (Å²) in [4.78, 5) is 12.2. The molecule has 6 heteroatoms. The molecule has 0 bridgehead atoms. The molecule has 0 aliphatic carbocycles. The molecule has 4 atom stereocenters. The number of benzene rings is 2. The van der Waals surface area contributed by atoms with E-state index in [4.69, 9.17) is 23.7 Å². The molecule has 29 heavy (non-hydrogen) atoms. The van der Waals surface area contributed by atoms with Gasteiger partial charge in [-0.15, -0.1) is 0 Å². The summed E-state index contributed by atoms with van der Waals surface area (Å²) < 4.78 is 29.6. The van der Waals surface area contributed by atoms with E-state index in [0.717, 1.165) is 5.56 Å². The van der Waals surface area contributed by atoms with Gasteiger partial charge in [0.1, 0.15) is 12.7 Å². The van der Waals surface area contributed by atoms with E-state index in [1.165, 1.54) is 0 Å². The number of fused-ring (bicyclic) bond motifs is 1. The lowest BCUT2D eigenvalue weighted by atomic mass is 10.0. The van der Waals surface area contributed by atoms with E-state index in [2.05, 4.69) is 0 Å². The van der Waals surface area contributed by atoms with Crippen LogP contribution in [0, 0.1) is 0 Å². The molecule has 0 saturated carbocycles. The van der Waals surface area contributed by atoms with Crippen molar-refractivity contribution >= 4 is 5.97 Å². The predicted octanol–water partition coefficient (Wildman–Crippen LogP) is 3.70. The second-order valence-electron chi connectivity index (χ2n) is 7.76. The van der Waals surface area contributed by atoms with Crippen LogP contribution in [0.25, 0.3) is 0 Å². The zero-order chi connectivity index (χ0) is 20.3. The molecule has 2 aromatic carbocycles. The minimum atomic E-state index is -0.751. The van der Waals surface area contributed by atoms with E-state index in [0.29, 0.717) is 18.6 Å². The molecule has 4 rings (SSSR count). The van der Waals surface area contributed by atoms with Gasteiger partial charge in [0.2, 0.25) is 0 Å². The average molecular weight is 398 g/mol. The molecule has 2 heterocycles. The van der Waals surface area contributed by atoms with Gasteiger partial charge in [0.25, 0.3) is 0 Å². The van der Waals surface area contributed by atoms with Crippen molar-refractivity contribution < 1.29 is 28.5 Å². The summed E-state index contributed by atoms with van der Waals surface area (Å²) in [5, 5.41) is 0. The van der Waals surface area contributed by atoms with E-state index >= 15 is 0 Å². The Hall–Kier alpha value is -2.25. The third-order valence-electron chi connectivity index (χ3n) is 4.99. The van der Waals surface area contributed by atoms with Crippen molar-refractivity contribution in [1.82, 2.24) is 0 Å². The number of hydrogen-bond acceptors (Lipinski definition) is 6. The molecule has 2 saturated heterocycles. The fourth-order valence-electron chi connectivity index (χ4n) is 3.63. The Morgan fingerprint density at radius 3 is 2.45 bits per heavy atom. The largest absolute Gasteiger partial charge is 0.459 e. The molecule has 2 fully saturated rings. The van der Waals surface area contributed by atoms with Gasteiger partial charge >= 0.3 is 5.97 Å². The van der Waals surface area contributed by atoms with Crippen LogP contribution < -0.4 is 0 Å². The van der Waals surface area contributed by atoms with Crippen molar-refractivity contribution in [2.45, 2.75) is 57.3 Å². The Kier molecular flexibility index (Phi) is 5.96. The standard InChI is InChI=1S/C23H26O6/c1-23(2)28-20-19(25-14-16-9-5-3-6-10-16)13-18(27-22(20)29-23)15-26-21(24)17-11-7-4-8-12-17/h3-12,18-20,22H,13-15H2,1-2H3/t18-,19?,20?,22+/m0/s1. The van der Waals surface area contributed by atoms with Gasteiger partial charge in [-0.25, -0.2) is 4.79 Å². The summed E-state index contributed by atoms with van der Waals surface area (Å²) >= 11 is 0. The molecular formula is C23H26O6. The van der Waals surface area contributed by atoms with Crippen LogP contribution >= 0.6 is 0 Å². The van der Waals surface area contributed by atoms with Gasteiger partial charge in [0.15, 0.2) is 12.1 Å². The molecule has 2 aromatic rings. The van der Waals surface area contributed by atoms with Crippen molar-refractivity contribution in [2.24, 2.45) is 0 Å². The Morgan fingerprint density at radius 1 is 1.03 bits per heavy atom. The molecule has 2 aliphatic rings. The summed E-state index contributed by atoms with van der Waals surface area (Å²) in [5.41, 5.74) is 1.60. The second kappa shape index (κ2) is 8.63. The van der Waals surface area contributed by atoms with Crippen LogP contribution in [0.4, 0.5) is 0 Å². The zero-order valence-electron chi connectivity index (χ0n) is 16.7. The molecule has 2 aliphatic heterocycles. The highest BCUT2D eigenvalue weighted by atomic mass is 16.8. The SMILES string of the molecule is CC1(C)OC2C(OCc3ccccc3)C[C@@H](COC(=O)c3ccccc3)O[C@@H]2O1. The molecule has 0 N–H and O–H groups in total. The van der Waals surface area contributed by atoms with Crippen molar-refractivity contribution in [1.29, 1.82) is 0 Å². The lowest BCUT2D eigenvalue weighted by Gasteiger charge is -2.36. The van der Waals surface area contributed by atoms with E-state index in [1.807, 2.05) is 50.2 Å². The number of ether oxygens (including phenoxy) is 5. The van der Waals surface area contributed by atoms with E-state index in [9.17, 15) is 4.79 Å². The summed E-state index contributed by atoms with van der Waals surface area (Å²) in [7, 11) is 0. The fraction of sp³-hybridized carbons (Fsp3) is 0.435. The maximum atomic E-state index is 12.2. The lowest BCUT2D eigenvalue weighted by Crippen LogP contribution is -2.49. The number of hydrogen-bond donors (Lipinski definition) is 0. The highest BCUT2D eigenvalue weighted by molar-refractivity contribution is 5.89. The number of carbonyl (C=O) groups excluding carboxylic acids is 1. The van der Waals surface area contributed by atoms with Crippen LogP contribution in [0.2, 0.25) is 0 Å². The van der Waals surface area contributed by atoms with Crippen molar-refractivity contribution in [3.05, 3.63) is 71.8 Å². The Balaban J connectivity index is 1.39. The monoisotopic (exact) mass is 398 g/mol. The van der Waals surface area contributed by atoms with Gasteiger partial charge in [0, 0.05) is 6.42 Å². The van der Waals surface area contributed by atoms with Crippen molar-refractivity contribution in [3.63, 3.8) is 0 Å². The van der Waals surface area contributed by atoms with Crippen LogP contribution in [0.1, 0.15) is 36.2 Å². The number of carbonyl (C=O) groups is 1. The summed E-state index contributed by atoms with van der Waals surface area (Å²) in [6, 6.07) is 18.9. The minimum Gasteiger partial charge on any atom is -0.459 e. The minimum absolute atomic E-state index is 0.131. The Labute approximate surface area is 170 Å². The topological polar surface area (TPSA) is 63.2 Å². The Morgan fingerprint density at radius 2 is 1.72 bits per heavy atom. The first-order valence-electron chi connectivity index (χ1n) is 9.89. The first kappa shape index (κ1) is 20.0. The van der Waals surface area contributed by atoms with Crippen LogP contribution in [0.15, 0.2) is 60.7 Å². The molecule has 154 valence electrons. The van der Waals surface area contributed by atoms with Crippen molar-refractivity contribution in [2.75, 3.05) is 6.61 Å². The first-order valence-corrected chi connectivity index (χ1v) is 9.89. The van der Waals surface area contributed by atoms with Crippen LogP contribution in [0.5, 0.6) is 0 Å². The van der Waals surface area contributed by atoms with Gasteiger partial charge in [-0.05, 0) is 31.5 Å². The normalized spacial score (nSPS) is 27.9. The molecule has 0 radical (unpaired) electrons.